The second-order valence-electron chi connectivity index (χ2n) is 6.22. The molecule has 3 aromatic rings. The maximum absolute atomic E-state index is 12.6. The van der Waals surface area contributed by atoms with Crippen molar-refractivity contribution in [3.8, 4) is 11.1 Å². The zero-order valence-electron chi connectivity index (χ0n) is 14.7. The maximum Gasteiger partial charge on any atom is 0.304 e. The molecule has 0 amide bonds. The number of carbonyl (C=O) groups is 2. The van der Waals surface area contributed by atoms with Gasteiger partial charge in [-0.05, 0) is 23.1 Å². The third-order valence-corrected chi connectivity index (χ3v) is 5.35. The van der Waals surface area contributed by atoms with Gasteiger partial charge in [-0.15, -0.1) is 0 Å². The quantitative estimate of drug-likeness (QED) is 0.607. The lowest BCUT2D eigenvalue weighted by atomic mass is 9.96. The van der Waals surface area contributed by atoms with E-state index in [0.717, 1.165) is 28.5 Å². The molecule has 3 rings (SSSR count). The van der Waals surface area contributed by atoms with Crippen molar-refractivity contribution in [1.29, 1.82) is 0 Å². The predicted octanol–water partition coefficient (Wildman–Crippen LogP) is 5.31. The average Bonchev–Trinajstić information content (AvgIpc) is 2.69. The largest absolute Gasteiger partial charge is 0.481 e. The molecule has 136 valence electrons. The number of hydrogen-bond donors (Lipinski definition) is 1. The lowest BCUT2D eigenvalue weighted by Crippen LogP contribution is -2.16. The third kappa shape index (κ3) is 5.31. The van der Waals surface area contributed by atoms with E-state index in [1.54, 1.807) is 12.1 Å². The topological polar surface area (TPSA) is 54.4 Å². The van der Waals surface area contributed by atoms with Crippen LogP contribution in [0.2, 0.25) is 0 Å². The monoisotopic (exact) mass is 376 g/mol. The first-order valence-electron chi connectivity index (χ1n) is 8.74. The number of carboxylic acids is 1. The minimum atomic E-state index is -0.898. The van der Waals surface area contributed by atoms with Crippen LogP contribution >= 0.6 is 11.8 Å². The number of benzene rings is 3. The molecule has 1 atom stereocenters. The van der Waals surface area contributed by atoms with Gasteiger partial charge in [-0.25, -0.2) is 0 Å². The Hall–Kier alpha value is -2.85. The van der Waals surface area contributed by atoms with E-state index in [4.69, 9.17) is 0 Å². The van der Waals surface area contributed by atoms with Crippen molar-refractivity contribution in [2.75, 3.05) is 0 Å². The van der Waals surface area contributed by atoms with Crippen LogP contribution in [0.4, 0.5) is 0 Å². The van der Waals surface area contributed by atoms with Crippen molar-refractivity contribution >= 4 is 22.8 Å². The first kappa shape index (κ1) is 18.9. The first-order chi connectivity index (χ1) is 13.1. The Morgan fingerprint density at radius 1 is 0.815 bits per heavy atom. The fraction of sp³-hybridized carbons (Fsp3) is 0.130. The molecule has 0 saturated heterocycles. The van der Waals surface area contributed by atoms with Gasteiger partial charge in [-0.3, -0.25) is 9.59 Å². The summed E-state index contributed by atoms with van der Waals surface area (Å²) in [6.45, 7) is 0. The van der Waals surface area contributed by atoms with E-state index >= 15 is 0 Å². The molecular formula is C23H20O3S. The van der Waals surface area contributed by atoms with Crippen molar-refractivity contribution in [2.24, 2.45) is 0 Å². The molecular weight excluding hydrogens is 356 g/mol. The van der Waals surface area contributed by atoms with Gasteiger partial charge in [0.25, 0.3) is 0 Å². The molecule has 0 aliphatic rings. The first-order valence-corrected chi connectivity index (χ1v) is 9.62. The fourth-order valence-electron chi connectivity index (χ4n) is 2.99. The van der Waals surface area contributed by atoms with Gasteiger partial charge in [0.2, 0.25) is 5.12 Å². The molecule has 0 fully saturated rings. The summed E-state index contributed by atoms with van der Waals surface area (Å²) in [5.74, 6) is -0.898. The highest BCUT2D eigenvalue weighted by molar-refractivity contribution is 8.14. The standard InChI is InChI=1S/C23H20O3S/c24-22(25)16-20(27-23(26)18-11-5-2-6-12-18)15-19-13-7-8-14-21(19)17-9-3-1-4-10-17/h1-14,20H,15-16H2,(H,24,25). The number of rotatable bonds is 7. The minimum Gasteiger partial charge on any atom is -0.481 e. The molecule has 27 heavy (non-hydrogen) atoms. The van der Waals surface area contributed by atoms with Crippen LogP contribution in [-0.4, -0.2) is 21.4 Å². The second kappa shape index (κ2) is 9.19. The Labute approximate surface area is 163 Å². The molecule has 0 aromatic heterocycles. The Morgan fingerprint density at radius 3 is 2.07 bits per heavy atom. The summed E-state index contributed by atoms with van der Waals surface area (Å²) in [5.41, 5.74) is 3.79. The van der Waals surface area contributed by atoms with E-state index in [1.807, 2.05) is 72.8 Å². The number of hydrogen-bond acceptors (Lipinski definition) is 3. The molecule has 0 spiro atoms. The summed E-state index contributed by atoms with van der Waals surface area (Å²) in [5, 5.41) is 8.88. The highest BCUT2D eigenvalue weighted by Gasteiger charge is 2.21. The molecule has 3 aromatic carbocycles. The van der Waals surface area contributed by atoms with Gasteiger partial charge < -0.3 is 5.11 Å². The van der Waals surface area contributed by atoms with Gasteiger partial charge in [0.05, 0.1) is 6.42 Å². The molecule has 3 nitrogen and oxygen atoms in total. The van der Waals surface area contributed by atoms with Crippen LogP contribution in [0.25, 0.3) is 11.1 Å². The highest BCUT2D eigenvalue weighted by atomic mass is 32.2. The summed E-state index contributed by atoms with van der Waals surface area (Å²) in [7, 11) is 0. The number of carboxylic acid groups (broad SMARTS) is 1. The summed E-state index contributed by atoms with van der Waals surface area (Å²) in [6.07, 6.45) is 0.451. The van der Waals surface area contributed by atoms with Gasteiger partial charge in [0.15, 0.2) is 0 Å². The Kier molecular flexibility index (Phi) is 6.44. The van der Waals surface area contributed by atoms with Crippen molar-refractivity contribution < 1.29 is 14.7 Å². The van der Waals surface area contributed by atoms with Crippen LogP contribution in [0.15, 0.2) is 84.9 Å². The van der Waals surface area contributed by atoms with Crippen LogP contribution in [0.1, 0.15) is 22.3 Å². The minimum absolute atomic E-state index is 0.0631. The van der Waals surface area contributed by atoms with Gasteiger partial charge in [-0.1, -0.05) is 96.7 Å². The van der Waals surface area contributed by atoms with Crippen LogP contribution in [0, 0.1) is 0 Å². The average molecular weight is 376 g/mol. The van der Waals surface area contributed by atoms with Gasteiger partial charge >= 0.3 is 5.97 Å². The van der Waals surface area contributed by atoms with E-state index in [1.165, 1.54) is 0 Å². The molecule has 0 aliphatic heterocycles. The second-order valence-corrected chi connectivity index (χ2v) is 7.49. The van der Waals surface area contributed by atoms with Gasteiger partial charge in [0.1, 0.15) is 0 Å². The molecule has 4 heteroatoms. The van der Waals surface area contributed by atoms with Crippen molar-refractivity contribution in [3.63, 3.8) is 0 Å². The zero-order chi connectivity index (χ0) is 19.1. The molecule has 0 heterocycles. The predicted molar refractivity (Wildman–Crippen MR) is 110 cm³/mol. The van der Waals surface area contributed by atoms with Crippen LogP contribution in [0.3, 0.4) is 0 Å². The number of aliphatic carboxylic acids is 1. The maximum atomic E-state index is 12.6. The zero-order valence-corrected chi connectivity index (χ0v) is 15.6. The molecule has 0 radical (unpaired) electrons. The molecule has 1 N–H and O–H groups in total. The van der Waals surface area contributed by atoms with Gasteiger partial charge in [0, 0.05) is 10.8 Å². The number of carbonyl (C=O) groups excluding carboxylic acids is 1. The van der Waals surface area contributed by atoms with E-state index in [0.29, 0.717) is 12.0 Å². The van der Waals surface area contributed by atoms with Crippen LogP contribution in [-0.2, 0) is 11.2 Å². The van der Waals surface area contributed by atoms with Gasteiger partial charge in [-0.2, -0.15) is 0 Å². The normalized spacial score (nSPS) is 11.7. The lowest BCUT2D eigenvalue weighted by molar-refractivity contribution is -0.136. The SMILES string of the molecule is O=C(O)CC(Cc1ccccc1-c1ccccc1)SC(=O)c1ccccc1. The molecule has 0 saturated carbocycles. The van der Waals surface area contributed by atoms with Crippen molar-refractivity contribution in [2.45, 2.75) is 18.1 Å². The summed E-state index contributed by atoms with van der Waals surface area (Å²) in [6, 6.07) is 26.9. The smallest absolute Gasteiger partial charge is 0.304 e. The van der Waals surface area contributed by atoms with E-state index in [-0.39, 0.29) is 16.8 Å². The van der Waals surface area contributed by atoms with E-state index < -0.39 is 5.97 Å². The summed E-state index contributed by atoms with van der Waals surface area (Å²) in [4.78, 5) is 23.9. The van der Waals surface area contributed by atoms with Crippen molar-refractivity contribution in [3.05, 3.63) is 96.1 Å². The number of thioether (sulfide) groups is 1. The fourth-order valence-corrected chi connectivity index (χ4v) is 4.05. The third-order valence-electron chi connectivity index (χ3n) is 4.24. The molecule has 0 bridgehead atoms. The Balaban J connectivity index is 1.83. The lowest BCUT2D eigenvalue weighted by Gasteiger charge is -2.16. The Morgan fingerprint density at radius 2 is 1.41 bits per heavy atom. The molecule has 0 aliphatic carbocycles. The van der Waals surface area contributed by atoms with E-state index in [2.05, 4.69) is 0 Å². The van der Waals surface area contributed by atoms with Crippen LogP contribution in [0.5, 0.6) is 0 Å². The molecule has 1 unspecified atom stereocenters. The van der Waals surface area contributed by atoms with Crippen molar-refractivity contribution in [1.82, 2.24) is 0 Å². The highest BCUT2D eigenvalue weighted by Crippen LogP contribution is 2.29. The van der Waals surface area contributed by atoms with Crippen LogP contribution < -0.4 is 0 Å². The summed E-state index contributed by atoms with van der Waals surface area (Å²) >= 11 is 1.11. The summed E-state index contributed by atoms with van der Waals surface area (Å²) < 4.78 is 0. The van der Waals surface area contributed by atoms with E-state index in [9.17, 15) is 14.7 Å². The Bertz CT molecular complexity index is 907.